The molecule has 3 aromatic rings. The van der Waals surface area contributed by atoms with Gasteiger partial charge in [-0.05, 0) is 29.8 Å². The average Bonchev–Trinajstić information content (AvgIpc) is 2.83. The quantitative estimate of drug-likeness (QED) is 0.694. The molecule has 1 fully saturated rings. The number of ether oxygens (including phenoxy) is 1. The molecule has 2 aliphatic rings. The molecule has 2 aliphatic heterocycles. The van der Waals surface area contributed by atoms with E-state index in [0.717, 1.165) is 22.6 Å². The summed E-state index contributed by atoms with van der Waals surface area (Å²) in [4.78, 5) is 21.6. The molecule has 0 spiro atoms. The van der Waals surface area contributed by atoms with E-state index >= 15 is 0 Å². The van der Waals surface area contributed by atoms with Gasteiger partial charge in [-0.15, -0.1) is 0 Å². The summed E-state index contributed by atoms with van der Waals surface area (Å²) in [5.41, 5.74) is 3.75. The van der Waals surface area contributed by atoms with Gasteiger partial charge in [0.1, 0.15) is 5.75 Å². The van der Waals surface area contributed by atoms with Gasteiger partial charge in [-0.1, -0.05) is 36.4 Å². The third-order valence-corrected chi connectivity index (χ3v) is 6.54. The fourth-order valence-electron chi connectivity index (χ4n) is 5.07. The minimum absolute atomic E-state index is 0.00856. The normalized spacial score (nSPS) is 22.3. The minimum Gasteiger partial charge on any atom is -0.496 e. The second kappa shape index (κ2) is 8.13. The van der Waals surface area contributed by atoms with Crippen molar-refractivity contribution < 1.29 is 14.6 Å². The fourth-order valence-corrected chi connectivity index (χ4v) is 5.07. The molecule has 31 heavy (non-hydrogen) atoms. The number of aliphatic hydroxyl groups is 1. The van der Waals surface area contributed by atoms with Crippen molar-refractivity contribution in [3.05, 3.63) is 89.7 Å². The SMILES string of the molecule is COc1ccccc1CN1[C@@H](CO)[C@@H]2c3ccccc3N(C(=O)c3ccncc3)C[C@@H]21. The van der Waals surface area contributed by atoms with Crippen LogP contribution < -0.4 is 9.64 Å². The number of methoxy groups -OCH3 is 1. The fraction of sp³-hybridized carbons (Fsp3) is 0.280. The number of carbonyl (C=O) groups excluding carboxylic acids is 1. The molecule has 0 bridgehead atoms. The molecule has 6 heteroatoms. The number of aliphatic hydroxyl groups excluding tert-OH is 1. The highest BCUT2D eigenvalue weighted by molar-refractivity contribution is 6.07. The van der Waals surface area contributed by atoms with E-state index in [9.17, 15) is 9.90 Å². The molecular weight excluding hydrogens is 390 g/mol. The molecule has 0 unspecified atom stereocenters. The molecule has 1 saturated heterocycles. The van der Waals surface area contributed by atoms with E-state index in [-0.39, 0.29) is 30.5 Å². The molecular formula is C25H25N3O3. The van der Waals surface area contributed by atoms with Gasteiger partial charge in [-0.3, -0.25) is 14.7 Å². The lowest BCUT2D eigenvalue weighted by atomic mass is 9.71. The number of aromatic nitrogens is 1. The molecule has 5 rings (SSSR count). The number of rotatable bonds is 5. The van der Waals surface area contributed by atoms with Crippen molar-refractivity contribution in [2.45, 2.75) is 24.5 Å². The summed E-state index contributed by atoms with van der Waals surface area (Å²) in [5.74, 6) is 0.999. The van der Waals surface area contributed by atoms with Crippen molar-refractivity contribution in [2.75, 3.05) is 25.2 Å². The summed E-state index contributed by atoms with van der Waals surface area (Å²) in [6.45, 7) is 1.31. The van der Waals surface area contributed by atoms with Crippen LogP contribution in [0.1, 0.15) is 27.4 Å². The zero-order valence-electron chi connectivity index (χ0n) is 17.4. The number of fused-ring (bicyclic) bond motifs is 3. The number of amides is 1. The van der Waals surface area contributed by atoms with E-state index in [0.29, 0.717) is 18.7 Å². The lowest BCUT2D eigenvalue weighted by Crippen LogP contribution is -2.68. The van der Waals surface area contributed by atoms with Crippen molar-refractivity contribution in [3.8, 4) is 5.75 Å². The molecule has 3 heterocycles. The van der Waals surface area contributed by atoms with Crippen LogP contribution in [0.5, 0.6) is 5.75 Å². The Bertz CT molecular complexity index is 1090. The van der Waals surface area contributed by atoms with Gasteiger partial charge in [-0.25, -0.2) is 0 Å². The number of hydrogen-bond acceptors (Lipinski definition) is 5. The predicted molar refractivity (Wildman–Crippen MR) is 118 cm³/mol. The maximum Gasteiger partial charge on any atom is 0.258 e. The summed E-state index contributed by atoms with van der Waals surface area (Å²) < 4.78 is 5.53. The van der Waals surface area contributed by atoms with Crippen LogP contribution in [-0.2, 0) is 6.54 Å². The zero-order chi connectivity index (χ0) is 21.4. The van der Waals surface area contributed by atoms with Crippen LogP contribution >= 0.6 is 0 Å². The smallest absolute Gasteiger partial charge is 0.258 e. The maximum absolute atomic E-state index is 13.4. The first-order valence-electron chi connectivity index (χ1n) is 10.5. The van der Waals surface area contributed by atoms with Crippen LogP contribution in [0.4, 0.5) is 5.69 Å². The highest BCUT2D eigenvalue weighted by Crippen LogP contribution is 2.49. The summed E-state index contributed by atoms with van der Waals surface area (Å²) in [5, 5.41) is 10.2. The Morgan fingerprint density at radius 2 is 1.84 bits per heavy atom. The van der Waals surface area contributed by atoms with E-state index in [1.54, 1.807) is 31.6 Å². The van der Waals surface area contributed by atoms with Crippen molar-refractivity contribution >= 4 is 11.6 Å². The van der Waals surface area contributed by atoms with Gasteiger partial charge in [0.15, 0.2) is 0 Å². The molecule has 1 N–H and O–H groups in total. The van der Waals surface area contributed by atoms with E-state index < -0.39 is 0 Å². The van der Waals surface area contributed by atoms with Crippen molar-refractivity contribution in [1.82, 2.24) is 9.88 Å². The summed E-state index contributed by atoms with van der Waals surface area (Å²) in [7, 11) is 1.67. The zero-order valence-corrected chi connectivity index (χ0v) is 17.4. The molecule has 3 atom stereocenters. The number of hydrogen-bond donors (Lipinski definition) is 1. The summed E-state index contributed by atoms with van der Waals surface area (Å²) in [6.07, 6.45) is 3.29. The average molecular weight is 415 g/mol. The lowest BCUT2D eigenvalue weighted by molar-refractivity contribution is -0.0491. The number of benzene rings is 2. The predicted octanol–water partition coefficient (Wildman–Crippen LogP) is 3.08. The summed E-state index contributed by atoms with van der Waals surface area (Å²) in [6, 6.07) is 19.7. The molecule has 0 radical (unpaired) electrons. The number of pyridine rings is 1. The number of nitrogens with zero attached hydrogens (tertiary/aromatic N) is 3. The number of anilines is 1. The third-order valence-electron chi connectivity index (χ3n) is 6.54. The Labute approximate surface area is 181 Å². The van der Waals surface area contributed by atoms with Crippen LogP contribution in [0, 0.1) is 0 Å². The molecule has 0 saturated carbocycles. The highest BCUT2D eigenvalue weighted by atomic mass is 16.5. The van der Waals surface area contributed by atoms with Crippen LogP contribution in [0.2, 0.25) is 0 Å². The molecule has 1 amide bonds. The Morgan fingerprint density at radius 1 is 1.10 bits per heavy atom. The Morgan fingerprint density at radius 3 is 2.61 bits per heavy atom. The largest absolute Gasteiger partial charge is 0.496 e. The van der Waals surface area contributed by atoms with Crippen LogP contribution in [-0.4, -0.2) is 53.2 Å². The first kappa shape index (κ1) is 19.7. The third kappa shape index (κ3) is 3.28. The lowest BCUT2D eigenvalue weighted by Gasteiger charge is -2.59. The van der Waals surface area contributed by atoms with Crippen molar-refractivity contribution in [3.63, 3.8) is 0 Å². The second-order valence-electron chi connectivity index (χ2n) is 8.04. The van der Waals surface area contributed by atoms with Crippen LogP contribution in [0.3, 0.4) is 0 Å². The van der Waals surface area contributed by atoms with E-state index in [2.05, 4.69) is 22.0 Å². The van der Waals surface area contributed by atoms with Gasteiger partial charge >= 0.3 is 0 Å². The van der Waals surface area contributed by atoms with Crippen molar-refractivity contribution in [2.24, 2.45) is 0 Å². The minimum atomic E-state index is -0.0296. The molecule has 0 aliphatic carbocycles. The maximum atomic E-state index is 13.4. The van der Waals surface area contributed by atoms with Gasteiger partial charge < -0.3 is 14.7 Å². The number of para-hydroxylation sites is 2. The molecule has 2 aromatic carbocycles. The van der Waals surface area contributed by atoms with E-state index in [1.807, 2.05) is 41.3 Å². The standard InChI is InChI=1S/C25H25N3O3/c1-31-23-9-5-2-6-18(23)14-27-21-15-28(25(30)17-10-12-26-13-11-17)20-8-4-3-7-19(20)24(21)22(27)16-29/h2-13,21-22,24,29H,14-16H2,1H3/t21-,22-,24+/m0/s1. The van der Waals surface area contributed by atoms with E-state index in [4.69, 9.17) is 4.74 Å². The van der Waals surface area contributed by atoms with Gasteiger partial charge in [0.25, 0.3) is 5.91 Å². The Hall–Kier alpha value is -3.22. The number of carbonyl (C=O) groups is 1. The number of likely N-dealkylation sites (tertiary alicyclic amines) is 1. The topological polar surface area (TPSA) is 65.9 Å². The van der Waals surface area contributed by atoms with E-state index in [1.165, 1.54) is 0 Å². The molecule has 1 aromatic heterocycles. The summed E-state index contributed by atoms with van der Waals surface area (Å²) >= 11 is 0. The first-order valence-corrected chi connectivity index (χ1v) is 10.5. The highest BCUT2D eigenvalue weighted by Gasteiger charge is 2.53. The monoisotopic (exact) mass is 415 g/mol. The van der Waals surface area contributed by atoms with Crippen molar-refractivity contribution in [1.29, 1.82) is 0 Å². The Balaban J connectivity index is 1.50. The Kier molecular flexibility index (Phi) is 5.18. The van der Waals surface area contributed by atoms with Gasteiger partial charge in [0.05, 0.1) is 13.7 Å². The van der Waals surface area contributed by atoms with Crippen LogP contribution in [0.25, 0.3) is 0 Å². The second-order valence-corrected chi connectivity index (χ2v) is 8.04. The van der Waals surface area contributed by atoms with Crippen LogP contribution in [0.15, 0.2) is 73.1 Å². The molecule has 6 nitrogen and oxygen atoms in total. The van der Waals surface area contributed by atoms with Gasteiger partial charge in [0, 0.05) is 60.3 Å². The molecule has 158 valence electrons. The first-order chi connectivity index (χ1) is 15.2. The van der Waals surface area contributed by atoms with Gasteiger partial charge in [0.2, 0.25) is 0 Å². The van der Waals surface area contributed by atoms with Gasteiger partial charge in [-0.2, -0.15) is 0 Å².